The summed E-state index contributed by atoms with van der Waals surface area (Å²) in [7, 11) is 0. The van der Waals surface area contributed by atoms with Gasteiger partial charge in [0.1, 0.15) is 11.2 Å². The molecule has 266 valence electrons. The van der Waals surface area contributed by atoms with Crippen LogP contribution in [0, 0.1) is 0 Å². The van der Waals surface area contributed by atoms with Gasteiger partial charge in [-0.3, -0.25) is 0 Å². The van der Waals surface area contributed by atoms with E-state index in [1.807, 2.05) is 78.9 Å². The van der Waals surface area contributed by atoms with Gasteiger partial charge in [-0.15, -0.1) is 0 Å². The van der Waals surface area contributed by atoms with Crippen LogP contribution in [0.2, 0.25) is 0 Å². The number of fused-ring (bicyclic) bond motifs is 7. The fourth-order valence-electron chi connectivity index (χ4n) is 8.14. The van der Waals surface area contributed by atoms with Crippen molar-refractivity contribution in [2.75, 3.05) is 0 Å². The van der Waals surface area contributed by atoms with Crippen LogP contribution in [-0.4, -0.2) is 40.9 Å². The normalized spacial score (nSPS) is 11.9. The van der Waals surface area contributed by atoms with E-state index < -0.39 is 46.0 Å². The molecule has 0 aliphatic carbocycles. The van der Waals surface area contributed by atoms with E-state index in [1.54, 1.807) is 36.4 Å². The summed E-state index contributed by atoms with van der Waals surface area (Å²) in [5, 5.41) is 95.1. The van der Waals surface area contributed by atoms with Gasteiger partial charge < -0.3 is 45.3 Å². The molecule has 1 aromatic heterocycles. The highest BCUT2D eigenvalue weighted by Gasteiger charge is 2.32. The van der Waals surface area contributed by atoms with Gasteiger partial charge in [-0.2, -0.15) is 0 Å². The average Bonchev–Trinajstić information content (AvgIpc) is 3.58. The Morgan fingerprint density at radius 3 is 1.36 bits per heavy atom. The summed E-state index contributed by atoms with van der Waals surface area (Å²) < 4.78 is 6.32. The van der Waals surface area contributed by atoms with Gasteiger partial charge in [0.25, 0.3) is 0 Å². The van der Waals surface area contributed by atoms with Gasteiger partial charge in [-0.1, -0.05) is 91.0 Å². The first-order valence-corrected chi connectivity index (χ1v) is 17.3. The Labute approximate surface area is 310 Å². The molecule has 0 aliphatic rings. The van der Waals surface area contributed by atoms with Crippen LogP contribution in [0.15, 0.2) is 126 Å². The van der Waals surface area contributed by atoms with Crippen LogP contribution in [0.5, 0.6) is 46.0 Å². The standard InChI is InChI=1S/C46H28O9/c47-39-35-32(26-12-5-11-25(18-26)28-13-6-14-30-34(28)29-19-23-9-3-4-10-24(23)20-31(29)55-30)36-38(42(50)46(54)44(52)40(36)48)33(37(35)41(49)45(53)43(39)51)27-16-15-21-7-1-2-8-22(21)17-27/h1-20,47-54H. The fraction of sp³-hybridized carbons (Fsp3) is 0. The van der Waals surface area contributed by atoms with E-state index in [-0.39, 0.29) is 32.7 Å². The smallest absolute Gasteiger partial charge is 0.204 e. The molecular weight excluding hydrogens is 696 g/mol. The summed E-state index contributed by atoms with van der Waals surface area (Å²) in [6.07, 6.45) is 0. The molecule has 1 heterocycles. The average molecular weight is 725 g/mol. The predicted molar refractivity (Wildman–Crippen MR) is 213 cm³/mol. The van der Waals surface area contributed by atoms with Gasteiger partial charge >= 0.3 is 0 Å². The molecule has 0 fully saturated rings. The number of phenolic OH excluding ortho intramolecular Hbond substituents is 8. The maximum Gasteiger partial charge on any atom is 0.204 e. The summed E-state index contributed by atoms with van der Waals surface area (Å²) in [4.78, 5) is 0. The lowest BCUT2D eigenvalue weighted by Gasteiger charge is -2.23. The highest BCUT2D eigenvalue weighted by molar-refractivity contribution is 6.29. The molecule has 10 rings (SSSR count). The van der Waals surface area contributed by atoms with Crippen molar-refractivity contribution in [3.8, 4) is 79.4 Å². The number of benzene rings is 9. The van der Waals surface area contributed by atoms with Crippen molar-refractivity contribution in [3.05, 3.63) is 121 Å². The second-order valence-corrected chi connectivity index (χ2v) is 13.7. The first-order chi connectivity index (χ1) is 26.6. The number of hydrogen-bond acceptors (Lipinski definition) is 9. The number of phenols is 8. The molecule has 0 spiro atoms. The van der Waals surface area contributed by atoms with Crippen molar-refractivity contribution in [1.82, 2.24) is 0 Å². The van der Waals surface area contributed by atoms with E-state index in [2.05, 4.69) is 6.07 Å². The Kier molecular flexibility index (Phi) is 6.59. The van der Waals surface area contributed by atoms with Crippen LogP contribution in [0.3, 0.4) is 0 Å². The third kappa shape index (κ3) is 4.41. The quantitative estimate of drug-likeness (QED) is 0.0501. The molecule has 0 aliphatic heterocycles. The Hall–Kier alpha value is -7.78. The highest BCUT2D eigenvalue weighted by Crippen LogP contribution is 2.62. The van der Waals surface area contributed by atoms with E-state index in [0.717, 1.165) is 37.9 Å². The lowest BCUT2D eigenvalue weighted by atomic mass is 9.83. The Morgan fingerprint density at radius 2 is 0.782 bits per heavy atom. The van der Waals surface area contributed by atoms with E-state index in [1.165, 1.54) is 0 Å². The van der Waals surface area contributed by atoms with Crippen LogP contribution >= 0.6 is 0 Å². The number of furan rings is 1. The van der Waals surface area contributed by atoms with Crippen molar-refractivity contribution in [3.63, 3.8) is 0 Å². The minimum absolute atomic E-state index is 0.0104. The number of rotatable bonds is 3. The Balaban J connectivity index is 1.35. The first kappa shape index (κ1) is 31.9. The molecule has 0 saturated carbocycles. The molecule has 0 unspecified atom stereocenters. The molecule has 0 atom stereocenters. The van der Waals surface area contributed by atoms with Crippen molar-refractivity contribution in [2.24, 2.45) is 0 Å². The molecule has 9 nitrogen and oxygen atoms in total. The zero-order chi connectivity index (χ0) is 37.9. The van der Waals surface area contributed by atoms with Gasteiger partial charge in [0.05, 0.1) is 0 Å². The largest absolute Gasteiger partial charge is 0.504 e. The molecule has 8 N–H and O–H groups in total. The molecule has 0 amide bonds. The molecule has 9 heteroatoms. The third-order valence-electron chi connectivity index (χ3n) is 10.7. The lowest BCUT2D eigenvalue weighted by Crippen LogP contribution is -1.95. The van der Waals surface area contributed by atoms with Crippen LogP contribution < -0.4 is 0 Å². The van der Waals surface area contributed by atoms with Gasteiger partial charge in [-0.25, -0.2) is 0 Å². The molecule has 55 heavy (non-hydrogen) atoms. The first-order valence-electron chi connectivity index (χ1n) is 17.3. The van der Waals surface area contributed by atoms with E-state index in [0.29, 0.717) is 27.9 Å². The second-order valence-electron chi connectivity index (χ2n) is 13.7. The van der Waals surface area contributed by atoms with Crippen LogP contribution in [0.25, 0.3) is 98.4 Å². The third-order valence-corrected chi connectivity index (χ3v) is 10.7. The van der Waals surface area contributed by atoms with Crippen LogP contribution in [-0.2, 0) is 0 Å². The second kappa shape index (κ2) is 11.4. The van der Waals surface area contributed by atoms with Gasteiger partial charge in [0.2, 0.25) is 23.0 Å². The van der Waals surface area contributed by atoms with Crippen molar-refractivity contribution >= 4 is 65.0 Å². The Morgan fingerprint density at radius 1 is 0.309 bits per heavy atom. The number of aromatic hydroxyl groups is 8. The lowest BCUT2D eigenvalue weighted by molar-refractivity contribution is 0.350. The summed E-state index contributed by atoms with van der Waals surface area (Å²) >= 11 is 0. The monoisotopic (exact) mass is 724 g/mol. The van der Waals surface area contributed by atoms with Gasteiger partial charge in [0.15, 0.2) is 23.0 Å². The zero-order valence-electron chi connectivity index (χ0n) is 28.5. The van der Waals surface area contributed by atoms with Crippen LogP contribution in [0.4, 0.5) is 0 Å². The summed E-state index contributed by atoms with van der Waals surface area (Å²) in [5.74, 6) is -7.44. The van der Waals surface area contributed by atoms with E-state index in [4.69, 9.17) is 4.42 Å². The zero-order valence-corrected chi connectivity index (χ0v) is 28.5. The molecule has 9 aromatic carbocycles. The maximum atomic E-state index is 11.7. The van der Waals surface area contributed by atoms with Gasteiger partial charge in [0, 0.05) is 43.4 Å². The van der Waals surface area contributed by atoms with Crippen molar-refractivity contribution in [2.45, 2.75) is 0 Å². The molecule has 0 radical (unpaired) electrons. The summed E-state index contributed by atoms with van der Waals surface area (Å²) in [5.41, 5.74) is 3.43. The molecule has 0 saturated heterocycles. The van der Waals surface area contributed by atoms with Crippen LogP contribution in [0.1, 0.15) is 0 Å². The molecular formula is C46H28O9. The topological polar surface area (TPSA) is 175 Å². The Bertz CT molecular complexity index is 3220. The summed E-state index contributed by atoms with van der Waals surface area (Å²) in [6, 6.07) is 37.4. The van der Waals surface area contributed by atoms with E-state index >= 15 is 0 Å². The fourth-order valence-corrected chi connectivity index (χ4v) is 8.14. The number of hydrogen-bond donors (Lipinski definition) is 8. The maximum absolute atomic E-state index is 11.7. The van der Waals surface area contributed by atoms with Gasteiger partial charge in [-0.05, 0) is 74.1 Å². The SMILES string of the molecule is Oc1c(O)c(O)c2c(-c3ccc4ccccc4c3)c3c(O)c(O)c(O)c(O)c3c(-c3cccc(-c4cccc5oc6cc7ccccc7cc6c45)c3)c2c1O. The van der Waals surface area contributed by atoms with Crippen molar-refractivity contribution < 1.29 is 45.3 Å². The minimum Gasteiger partial charge on any atom is -0.504 e. The summed E-state index contributed by atoms with van der Waals surface area (Å²) in [6.45, 7) is 0. The highest BCUT2D eigenvalue weighted by atomic mass is 16.4. The van der Waals surface area contributed by atoms with Crippen molar-refractivity contribution in [1.29, 1.82) is 0 Å². The molecule has 0 bridgehead atoms. The van der Waals surface area contributed by atoms with E-state index in [9.17, 15) is 40.9 Å². The predicted octanol–water partition coefficient (Wildman–Crippen LogP) is 10.8. The minimum atomic E-state index is -1.03. The molecule has 10 aromatic rings.